The molecule has 134 valence electrons. The fourth-order valence-electron chi connectivity index (χ4n) is 2.97. The summed E-state index contributed by atoms with van der Waals surface area (Å²) < 4.78 is 0. The molecule has 0 spiro atoms. The van der Waals surface area contributed by atoms with E-state index in [1.54, 1.807) is 0 Å². The maximum absolute atomic E-state index is 5.47. The average Bonchev–Trinajstić information content (AvgIpc) is 2.57. The van der Waals surface area contributed by atoms with E-state index in [2.05, 4.69) is 85.7 Å². The van der Waals surface area contributed by atoms with Gasteiger partial charge >= 0.3 is 0 Å². The molecule has 2 aromatic carbocycles. The Bertz CT molecular complexity index is 688. The molecule has 2 rings (SSSR count). The molecule has 0 heterocycles. The Kier molecular flexibility index (Phi) is 7.41. The van der Waals surface area contributed by atoms with Crippen LogP contribution in [0.1, 0.15) is 36.1 Å². The maximum Gasteiger partial charge on any atom is 0.171 e. The van der Waals surface area contributed by atoms with Crippen molar-refractivity contribution in [3.8, 4) is 0 Å². The smallest absolute Gasteiger partial charge is 0.171 e. The number of thiocarbonyl (C=S) groups is 1. The summed E-state index contributed by atoms with van der Waals surface area (Å²) in [6, 6.07) is 14.9. The quantitative estimate of drug-likeness (QED) is 0.708. The van der Waals surface area contributed by atoms with Crippen molar-refractivity contribution in [2.75, 3.05) is 18.4 Å². The molecule has 2 aromatic rings. The van der Waals surface area contributed by atoms with Crippen molar-refractivity contribution in [2.24, 2.45) is 0 Å². The maximum atomic E-state index is 5.47. The van der Waals surface area contributed by atoms with Gasteiger partial charge in [0.05, 0.1) is 0 Å². The van der Waals surface area contributed by atoms with Gasteiger partial charge in [0.2, 0.25) is 0 Å². The summed E-state index contributed by atoms with van der Waals surface area (Å²) in [5.41, 5.74) is 6.14. The normalized spacial score (nSPS) is 10.8. The Balaban J connectivity index is 1.97. The molecule has 0 aliphatic carbocycles. The van der Waals surface area contributed by atoms with Crippen LogP contribution in [-0.2, 0) is 13.1 Å². The molecule has 0 aliphatic heterocycles. The second kappa shape index (κ2) is 9.54. The van der Waals surface area contributed by atoms with Gasteiger partial charge in [-0.2, -0.15) is 0 Å². The van der Waals surface area contributed by atoms with Crippen molar-refractivity contribution in [3.05, 3.63) is 64.7 Å². The van der Waals surface area contributed by atoms with Gasteiger partial charge in [0.25, 0.3) is 0 Å². The highest BCUT2D eigenvalue weighted by Crippen LogP contribution is 2.14. The minimum atomic E-state index is 0.655. The molecule has 0 amide bonds. The van der Waals surface area contributed by atoms with E-state index in [0.29, 0.717) is 5.11 Å². The second-order valence-electron chi connectivity index (χ2n) is 6.41. The molecule has 2 N–H and O–H groups in total. The number of anilines is 1. The fraction of sp³-hybridized carbons (Fsp3) is 0.381. The number of hydrogen-bond acceptors (Lipinski definition) is 2. The summed E-state index contributed by atoms with van der Waals surface area (Å²) in [5.74, 6) is 0. The largest absolute Gasteiger partial charge is 0.358 e. The number of rotatable bonds is 7. The van der Waals surface area contributed by atoms with Crippen LogP contribution in [0.25, 0.3) is 0 Å². The van der Waals surface area contributed by atoms with Gasteiger partial charge in [-0.15, -0.1) is 0 Å². The topological polar surface area (TPSA) is 27.3 Å². The first-order valence-electron chi connectivity index (χ1n) is 8.94. The highest BCUT2D eigenvalue weighted by atomic mass is 32.1. The Morgan fingerprint density at radius 3 is 2.16 bits per heavy atom. The van der Waals surface area contributed by atoms with Crippen molar-refractivity contribution in [2.45, 2.75) is 40.8 Å². The van der Waals surface area contributed by atoms with E-state index in [0.717, 1.165) is 31.9 Å². The van der Waals surface area contributed by atoms with Crippen LogP contribution in [0.15, 0.2) is 42.5 Å². The fourth-order valence-corrected chi connectivity index (χ4v) is 3.16. The molecular formula is C21H29N3S. The van der Waals surface area contributed by atoms with Gasteiger partial charge in [-0.05, 0) is 73.5 Å². The molecule has 0 aliphatic rings. The van der Waals surface area contributed by atoms with Gasteiger partial charge < -0.3 is 10.6 Å². The third-order valence-electron chi connectivity index (χ3n) is 4.33. The van der Waals surface area contributed by atoms with E-state index in [1.165, 1.54) is 22.3 Å². The molecule has 25 heavy (non-hydrogen) atoms. The number of benzene rings is 2. The zero-order chi connectivity index (χ0) is 18.2. The first-order chi connectivity index (χ1) is 12.0. The predicted octanol–water partition coefficient (Wildman–Crippen LogP) is 4.63. The van der Waals surface area contributed by atoms with Crippen molar-refractivity contribution in [1.82, 2.24) is 10.2 Å². The van der Waals surface area contributed by atoms with Gasteiger partial charge in [-0.25, -0.2) is 0 Å². The Labute approximate surface area is 157 Å². The molecule has 3 nitrogen and oxygen atoms in total. The summed E-state index contributed by atoms with van der Waals surface area (Å²) in [4.78, 5) is 2.42. The van der Waals surface area contributed by atoms with E-state index in [4.69, 9.17) is 12.2 Å². The van der Waals surface area contributed by atoms with Gasteiger partial charge in [0.15, 0.2) is 5.11 Å². The van der Waals surface area contributed by atoms with Crippen LogP contribution in [0.4, 0.5) is 5.69 Å². The van der Waals surface area contributed by atoms with Gasteiger partial charge in [0.1, 0.15) is 0 Å². The van der Waals surface area contributed by atoms with Crippen molar-refractivity contribution >= 4 is 23.0 Å². The third-order valence-corrected chi connectivity index (χ3v) is 4.57. The molecule has 0 saturated heterocycles. The zero-order valence-electron chi connectivity index (χ0n) is 15.7. The van der Waals surface area contributed by atoms with Gasteiger partial charge in [0, 0.05) is 18.8 Å². The average molecular weight is 356 g/mol. The van der Waals surface area contributed by atoms with Crippen LogP contribution in [0.5, 0.6) is 0 Å². The third kappa shape index (κ3) is 6.15. The summed E-state index contributed by atoms with van der Waals surface area (Å²) in [6.07, 6.45) is 0. The molecule has 0 radical (unpaired) electrons. The lowest BCUT2D eigenvalue weighted by molar-refractivity contribution is 0.295. The highest BCUT2D eigenvalue weighted by Gasteiger charge is 2.07. The van der Waals surface area contributed by atoms with E-state index >= 15 is 0 Å². The molecule has 0 unspecified atom stereocenters. The second-order valence-corrected chi connectivity index (χ2v) is 6.82. The van der Waals surface area contributed by atoms with E-state index in [-0.39, 0.29) is 0 Å². The number of aryl methyl sites for hydroxylation is 2. The van der Waals surface area contributed by atoms with Crippen molar-refractivity contribution in [3.63, 3.8) is 0 Å². The molecule has 4 heteroatoms. The Morgan fingerprint density at radius 1 is 0.960 bits per heavy atom. The van der Waals surface area contributed by atoms with Crippen molar-refractivity contribution in [1.29, 1.82) is 0 Å². The van der Waals surface area contributed by atoms with E-state index in [9.17, 15) is 0 Å². The Morgan fingerprint density at radius 2 is 1.56 bits per heavy atom. The predicted molar refractivity (Wildman–Crippen MR) is 112 cm³/mol. The van der Waals surface area contributed by atoms with Crippen LogP contribution < -0.4 is 10.6 Å². The minimum absolute atomic E-state index is 0.655. The lowest BCUT2D eigenvalue weighted by Gasteiger charge is -2.20. The lowest BCUT2D eigenvalue weighted by atomic mass is 10.1. The minimum Gasteiger partial charge on any atom is -0.358 e. The first kappa shape index (κ1) is 19.4. The van der Waals surface area contributed by atoms with Gasteiger partial charge in [-0.3, -0.25) is 4.90 Å². The lowest BCUT2D eigenvalue weighted by Crippen LogP contribution is -2.29. The van der Waals surface area contributed by atoms with Crippen molar-refractivity contribution < 1.29 is 0 Å². The first-order valence-corrected chi connectivity index (χ1v) is 9.35. The highest BCUT2D eigenvalue weighted by molar-refractivity contribution is 7.80. The summed E-state index contributed by atoms with van der Waals surface area (Å²) in [7, 11) is 0. The summed E-state index contributed by atoms with van der Waals surface area (Å²) in [6.45, 7) is 12.4. The molecule has 0 atom stereocenters. The van der Waals surface area contributed by atoms with E-state index in [1.807, 2.05) is 0 Å². The molecule has 0 saturated carbocycles. The van der Waals surface area contributed by atoms with Crippen LogP contribution >= 0.6 is 12.2 Å². The van der Waals surface area contributed by atoms with Crippen LogP contribution in [0, 0.1) is 13.8 Å². The summed E-state index contributed by atoms with van der Waals surface area (Å²) >= 11 is 5.47. The number of nitrogens with one attached hydrogen (secondary N) is 2. The van der Waals surface area contributed by atoms with Crippen LogP contribution in [0.3, 0.4) is 0 Å². The standard InChI is InChI=1S/C21H29N3S/c1-5-24(6-2)15-19-10-8-7-9-18(19)14-22-21(25)23-20-12-16(3)11-17(4)13-20/h7-13H,5-6,14-15H2,1-4H3,(H2,22,23,25). The SMILES string of the molecule is CCN(CC)Cc1ccccc1CNC(=S)Nc1cc(C)cc(C)c1. The molecule has 0 aromatic heterocycles. The Hall–Kier alpha value is -1.91. The zero-order valence-corrected chi connectivity index (χ0v) is 16.5. The monoisotopic (exact) mass is 355 g/mol. The van der Waals surface area contributed by atoms with E-state index < -0.39 is 0 Å². The van der Waals surface area contributed by atoms with Gasteiger partial charge in [-0.1, -0.05) is 44.2 Å². The number of nitrogens with zero attached hydrogens (tertiary/aromatic N) is 1. The van der Waals surface area contributed by atoms with Crippen LogP contribution in [0.2, 0.25) is 0 Å². The number of hydrogen-bond donors (Lipinski definition) is 2. The summed E-state index contributed by atoms with van der Waals surface area (Å²) in [5, 5.41) is 7.28. The molecule has 0 bridgehead atoms. The molecule has 0 fully saturated rings. The van der Waals surface area contributed by atoms with Crippen LogP contribution in [-0.4, -0.2) is 23.1 Å². The molecular weight excluding hydrogens is 326 g/mol.